The number of nitrogens with zero attached hydrogens (tertiary/aromatic N) is 2. The van der Waals surface area contributed by atoms with E-state index in [9.17, 15) is 24.8 Å². The van der Waals surface area contributed by atoms with Crippen LogP contribution in [0.15, 0.2) is 42.5 Å². The molecule has 2 aromatic carbocycles. The van der Waals surface area contributed by atoms with Crippen molar-refractivity contribution in [3.05, 3.63) is 63.7 Å². The molecule has 2 aromatic rings. The van der Waals surface area contributed by atoms with E-state index in [0.29, 0.717) is 13.0 Å². The quantitative estimate of drug-likeness (QED) is 0.599. The first-order valence-electron chi connectivity index (χ1n) is 8.56. The number of benzene rings is 2. The molecule has 2 amide bonds. The molecule has 3 rings (SSSR count). The standard InChI is InChI=1S/C19H19N3O5/c23-17-8-7-16(22(26)27)11-14(17)12-20-18(24)10-13-3-5-15(6-4-13)21-9-1-2-19(21)25/h3-8,11,23H,1-2,9-10,12H2,(H,20,24). The van der Waals surface area contributed by atoms with Gasteiger partial charge in [0.25, 0.3) is 5.69 Å². The van der Waals surface area contributed by atoms with Gasteiger partial charge in [-0.3, -0.25) is 19.7 Å². The largest absolute Gasteiger partial charge is 0.508 e. The van der Waals surface area contributed by atoms with E-state index in [0.717, 1.165) is 17.7 Å². The van der Waals surface area contributed by atoms with Gasteiger partial charge in [0.15, 0.2) is 0 Å². The van der Waals surface area contributed by atoms with Crippen LogP contribution < -0.4 is 10.2 Å². The lowest BCUT2D eigenvalue weighted by atomic mass is 10.1. The van der Waals surface area contributed by atoms with Crippen molar-refractivity contribution in [2.24, 2.45) is 0 Å². The van der Waals surface area contributed by atoms with E-state index in [1.165, 1.54) is 18.2 Å². The number of carbonyl (C=O) groups excluding carboxylic acids is 2. The number of amides is 2. The third-order valence-electron chi connectivity index (χ3n) is 4.44. The molecule has 27 heavy (non-hydrogen) atoms. The summed E-state index contributed by atoms with van der Waals surface area (Å²) < 4.78 is 0. The summed E-state index contributed by atoms with van der Waals surface area (Å²) in [7, 11) is 0. The van der Waals surface area contributed by atoms with Gasteiger partial charge in [-0.05, 0) is 30.2 Å². The molecule has 1 heterocycles. The average Bonchev–Trinajstić information content (AvgIpc) is 3.07. The number of non-ortho nitro benzene ring substituents is 1. The molecule has 1 saturated heterocycles. The number of rotatable bonds is 6. The summed E-state index contributed by atoms with van der Waals surface area (Å²) in [5.74, 6) is -0.274. The number of carbonyl (C=O) groups is 2. The van der Waals surface area contributed by atoms with Gasteiger partial charge >= 0.3 is 0 Å². The maximum Gasteiger partial charge on any atom is 0.270 e. The number of nitrogens with one attached hydrogen (secondary N) is 1. The van der Waals surface area contributed by atoms with Gasteiger partial charge in [-0.2, -0.15) is 0 Å². The van der Waals surface area contributed by atoms with Crippen LogP contribution >= 0.6 is 0 Å². The lowest BCUT2D eigenvalue weighted by Crippen LogP contribution is -2.25. The second kappa shape index (κ2) is 7.86. The zero-order valence-corrected chi connectivity index (χ0v) is 14.6. The van der Waals surface area contributed by atoms with Gasteiger partial charge in [0.05, 0.1) is 11.3 Å². The number of aromatic hydroxyl groups is 1. The third kappa shape index (κ3) is 4.41. The molecule has 0 spiro atoms. The van der Waals surface area contributed by atoms with Crippen LogP contribution in [0.25, 0.3) is 0 Å². The molecular weight excluding hydrogens is 350 g/mol. The summed E-state index contributed by atoms with van der Waals surface area (Å²) in [5.41, 5.74) is 1.74. The molecule has 0 atom stereocenters. The van der Waals surface area contributed by atoms with E-state index >= 15 is 0 Å². The lowest BCUT2D eigenvalue weighted by molar-refractivity contribution is -0.384. The third-order valence-corrected chi connectivity index (χ3v) is 4.44. The molecular formula is C19H19N3O5. The molecule has 0 unspecified atom stereocenters. The summed E-state index contributed by atoms with van der Waals surface area (Å²) in [6.45, 7) is 0.706. The summed E-state index contributed by atoms with van der Waals surface area (Å²) >= 11 is 0. The monoisotopic (exact) mass is 369 g/mol. The number of anilines is 1. The molecule has 1 aliphatic heterocycles. The average molecular weight is 369 g/mol. The maximum absolute atomic E-state index is 12.1. The van der Waals surface area contributed by atoms with Crippen LogP contribution in [0.4, 0.5) is 11.4 Å². The van der Waals surface area contributed by atoms with Crippen LogP contribution in [0.3, 0.4) is 0 Å². The number of phenols is 1. The van der Waals surface area contributed by atoms with Crippen molar-refractivity contribution in [3.63, 3.8) is 0 Å². The number of hydrogen-bond donors (Lipinski definition) is 2. The molecule has 8 nitrogen and oxygen atoms in total. The fraction of sp³-hybridized carbons (Fsp3) is 0.263. The van der Waals surface area contributed by atoms with E-state index in [1.54, 1.807) is 17.0 Å². The molecule has 0 radical (unpaired) electrons. The Bertz CT molecular complexity index is 879. The van der Waals surface area contributed by atoms with E-state index in [4.69, 9.17) is 0 Å². The van der Waals surface area contributed by atoms with Gasteiger partial charge in [0, 0.05) is 42.9 Å². The Kier molecular flexibility index (Phi) is 5.35. The van der Waals surface area contributed by atoms with E-state index < -0.39 is 4.92 Å². The summed E-state index contributed by atoms with van der Waals surface area (Å²) in [4.78, 5) is 35.8. The Morgan fingerprint density at radius 2 is 1.96 bits per heavy atom. The highest BCUT2D eigenvalue weighted by Crippen LogP contribution is 2.23. The second-order valence-electron chi connectivity index (χ2n) is 6.34. The number of hydrogen-bond acceptors (Lipinski definition) is 5. The van der Waals surface area contributed by atoms with Gasteiger partial charge < -0.3 is 15.3 Å². The first kappa shape index (κ1) is 18.4. The number of nitro benzene ring substituents is 1. The zero-order valence-electron chi connectivity index (χ0n) is 14.6. The van der Waals surface area contributed by atoms with E-state index in [1.807, 2.05) is 12.1 Å². The first-order chi connectivity index (χ1) is 12.9. The predicted octanol–water partition coefficient (Wildman–Crippen LogP) is 2.29. The van der Waals surface area contributed by atoms with Crippen LogP contribution in [0, 0.1) is 10.1 Å². The van der Waals surface area contributed by atoms with Gasteiger partial charge in [-0.25, -0.2) is 0 Å². The van der Waals surface area contributed by atoms with Crippen molar-refractivity contribution in [1.82, 2.24) is 5.32 Å². The predicted molar refractivity (Wildman–Crippen MR) is 98.3 cm³/mol. The van der Waals surface area contributed by atoms with Crippen molar-refractivity contribution in [2.75, 3.05) is 11.4 Å². The van der Waals surface area contributed by atoms with Crippen LogP contribution in [0.5, 0.6) is 5.75 Å². The highest BCUT2D eigenvalue weighted by Gasteiger charge is 2.21. The Morgan fingerprint density at radius 3 is 2.59 bits per heavy atom. The highest BCUT2D eigenvalue weighted by atomic mass is 16.6. The van der Waals surface area contributed by atoms with E-state index in [2.05, 4.69) is 5.32 Å². The Hall–Kier alpha value is -3.42. The van der Waals surface area contributed by atoms with Crippen molar-refractivity contribution in [3.8, 4) is 5.75 Å². The van der Waals surface area contributed by atoms with Crippen molar-refractivity contribution in [2.45, 2.75) is 25.8 Å². The SMILES string of the molecule is O=C(Cc1ccc(N2CCCC2=O)cc1)NCc1cc([N+](=O)[O-])ccc1O. The molecule has 140 valence electrons. The van der Waals surface area contributed by atoms with Crippen molar-refractivity contribution < 1.29 is 19.6 Å². The molecule has 0 bridgehead atoms. The Morgan fingerprint density at radius 1 is 1.22 bits per heavy atom. The molecule has 1 aliphatic rings. The van der Waals surface area contributed by atoms with Gasteiger partial charge in [0.2, 0.25) is 11.8 Å². The van der Waals surface area contributed by atoms with Crippen LogP contribution in [-0.2, 0) is 22.6 Å². The van der Waals surface area contributed by atoms with Crippen molar-refractivity contribution in [1.29, 1.82) is 0 Å². The maximum atomic E-state index is 12.1. The summed E-state index contributed by atoms with van der Waals surface area (Å²) in [6.07, 6.45) is 1.55. The molecule has 0 aromatic heterocycles. The van der Waals surface area contributed by atoms with Gasteiger partial charge in [0.1, 0.15) is 5.75 Å². The van der Waals surface area contributed by atoms with Gasteiger partial charge in [-0.15, -0.1) is 0 Å². The minimum atomic E-state index is -0.558. The summed E-state index contributed by atoms with van der Waals surface area (Å²) in [5, 5.41) is 23.2. The first-order valence-corrected chi connectivity index (χ1v) is 8.56. The number of nitro groups is 1. The molecule has 2 N–H and O–H groups in total. The fourth-order valence-electron chi connectivity index (χ4n) is 2.98. The van der Waals surface area contributed by atoms with Crippen LogP contribution in [0.2, 0.25) is 0 Å². The summed E-state index contributed by atoms with van der Waals surface area (Å²) in [6, 6.07) is 10.9. The van der Waals surface area contributed by atoms with Crippen molar-refractivity contribution >= 4 is 23.2 Å². The topological polar surface area (TPSA) is 113 Å². The normalized spacial score (nSPS) is 13.6. The molecule has 0 saturated carbocycles. The Balaban J connectivity index is 1.57. The molecule has 0 aliphatic carbocycles. The lowest BCUT2D eigenvalue weighted by Gasteiger charge is -2.15. The minimum Gasteiger partial charge on any atom is -0.508 e. The molecule has 8 heteroatoms. The molecule has 1 fully saturated rings. The second-order valence-corrected chi connectivity index (χ2v) is 6.34. The van der Waals surface area contributed by atoms with Crippen LogP contribution in [0.1, 0.15) is 24.0 Å². The smallest absolute Gasteiger partial charge is 0.270 e. The van der Waals surface area contributed by atoms with Crippen LogP contribution in [-0.4, -0.2) is 28.4 Å². The number of phenolic OH excluding ortho intramolecular Hbond substituents is 1. The van der Waals surface area contributed by atoms with E-state index in [-0.39, 0.29) is 41.8 Å². The highest BCUT2D eigenvalue weighted by molar-refractivity contribution is 5.95. The minimum absolute atomic E-state index is 0.00723. The Labute approximate surface area is 155 Å². The zero-order chi connectivity index (χ0) is 19.4. The van der Waals surface area contributed by atoms with Gasteiger partial charge in [-0.1, -0.05) is 12.1 Å². The fourth-order valence-corrected chi connectivity index (χ4v) is 2.98.